The van der Waals surface area contributed by atoms with Crippen LogP contribution in [0.25, 0.3) is 0 Å². The van der Waals surface area contributed by atoms with E-state index in [4.69, 9.17) is 5.11 Å². The van der Waals surface area contributed by atoms with Gasteiger partial charge in [-0.15, -0.1) is 0 Å². The highest BCUT2D eigenvalue weighted by molar-refractivity contribution is 4.78. The van der Waals surface area contributed by atoms with E-state index in [1.165, 1.54) is 0 Å². The first-order valence-electron chi connectivity index (χ1n) is 4.59. The van der Waals surface area contributed by atoms with Gasteiger partial charge in [0, 0.05) is 19.6 Å². The van der Waals surface area contributed by atoms with Crippen molar-refractivity contribution in [1.82, 2.24) is 10.2 Å². The number of aliphatic hydroxyl groups excluding tert-OH is 1. The van der Waals surface area contributed by atoms with Crippen molar-refractivity contribution in [1.29, 1.82) is 0 Å². The predicted octanol–water partition coefficient (Wildman–Crippen LogP) is -0.731. The summed E-state index contributed by atoms with van der Waals surface area (Å²) in [5.41, 5.74) is -0.738. The zero-order valence-electron chi connectivity index (χ0n) is 9.04. The quantitative estimate of drug-likeness (QED) is 0.517. The third-order valence-corrected chi connectivity index (χ3v) is 1.60. The Bertz CT molecular complexity index is 136. The molecule has 0 aliphatic heterocycles. The van der Waals surface area contributed by atoms with Gasteiger partial charge in [0.25, 0.3) is 0 Å². The maximum Gasteiger partial charge on any atom is 0.0869 e. The van der Waals surface area contributed by atoms with Crippen LogP contribution in [0.15, 0.2) is 0 Å². The number of hydrogen-bond acceptors (Lipinski definition) is 4. The van der Waals surface area contributed by atoms with E-state index in [-0.39, 0.29) is 6.10 Å². The monoisotopic (exact) mass is 190 g/mol. The maximum atomic E-state index is 9.81. The molecule has 0 aliphatic rings. The fraction of sp³-hybridized carbons (Fsp3) is 1.00. The van der Waals surface area contributed by atoms with Crippen molar-refractivity contribution in [3.63, 3.8) is 0 Å². The average molecular weight is 190 g/mol. The maximum absolute atomic E-state index is 9.81. The lowest BCUT2D eigenvalue weighted by atomic mass is 10.1. The van der Waals surface area contributed by atoms with Crippen LogP contribution < -0.4 is 5.32 Å². The zero-order chi connectivity index (χ0) is 10.5. The van der Waals surface area contributed by atoms with Crippen molar-refractivity contribution < 1.29 is 10.2 Å². The van der Waals surface area contributed by atoms with E-state index in [9.17, 15) is 5.11 Å². The number of rotatable bonds is 6. The summed E-state index contributed by atoms with van der Waals surface area (Å²) in [6.07, 6.45) is -0.366. The van der Waals surface area contributed by atoms with Crippen LogP contribution in [0.1, 0.15) is 13.8 Å². The van der Waals surface area contributed by atoms with Gasteiger partial charge in [0.1, 0.15) is 0 Å². The van der Waals surface area contributed by atoms with Crippen LogP contribution in [0, 0.1) is 0 Å². The molecule has 80 valence electrons. The molecule has 0 aromatic heterocycles. The molecule has 0 spiro atoms. The zero-order valence-corrected chi connectivity index (χ0v) is 9.04. The van der Waals surface area contributed by atoms with Crippen molar-refractivity contribution in [3.05, 3.63) is 0 Å². The number of likely N-dealkylation sites (N-methyl/N-ethyl adjacent to an activating group) is 1. The van der Waals surface area contributed by atoms with Crippen molar-refractivity contribution in [3.8, 4) is 0 Å². The molecule has 0 rings (SSSR count). The minimum atomic E-state index is -0.738. The Morgan fingerprint density at radius 3 is 2.38 bits per heavy atom. The van der Waals surface area contributed by atoms with E-state index in [0.717, 1.165) is 0 Å². The first kappa shape index (κ1) is 12.8. The number of hydrogen-bond donors (Lipinski definition) is 3. The largest absolute Gasteiger partial charge is 0.392 e. The van der Waals surface area contributed by atoms with E-state index >= 15 is 0 Å². The standard InChI is InChI=1S/C9H22N2O2/c1-8(12)5-10-6-9(2,13)7-11(3)4/h8,10,12-13H,5-7H2,1-4H3/t8-,9?/m1/s1. The van der Waals surface area contributed by atoms with E-state index in [2.05, 4.69) is 5.32 Å². The normalized spacial score (nSPS) is 18.7. The summed E-state index contributed by atoms with van der Waals surface area (Å²) in [6, 6.07) is 0. The molecule has 1 unspecified atom stereocenters. The Balaban J connectivity index is 3.62. The molecule has 13 heavy (non-hydrogen) atoms. The lowest BCUT2D eigenvalue weighted by molar-refractivity contribution is 0.0314. The molecule has 0 saturated carbocycles. The highest BCUT2D eigenvalue weighted by atomic mass is 16.3. The number of nitrogens with zero attached hydrogens (tertiary/aromatic N) is 1. The summed E-state index contributed by atoms with van der Waals surface area (Å²) < 4.78 is 0. The molecule has 3 N–H and O–H groups in total. The SMILES string of the molecule is C[C@@H](O)CNCC(C)(O)CN(C)C. The van der Waals surface area contributed by atoms with Crippen molar-refractivity contribution >= 4 is 0 Å². The van der Waals surface area contributed by atoms with Gasteiger partial charge in [-0.25, -0.2) is 0 Å². The van der Waals surface area contributed by atoms with Crippen LogP contribution in [0.2, 0.25) is 0 Å². The first-order valence-corrected chi connectivity index (χ1v) is 4.59. The molecule has 0 amide bonds. The molecule has 0 aromatic rings. The Morgan fingerprint density at radius 1 is 1.46 bits per heavy atom. The van der Waals surface area contributed by atoms with E-state index in [1.807, 2.05) is 19.0 Å². The molecule has 2 atom stereocenters. The molecule has 4 heteroatoms. The average Bonchev–Trinajstić information content (AvgIpc) is 1.81. The molecule has 0 radical (unpaired) electrons. The van der Waals surface area contributed by atoms with Gasteiger partial charge in [0.15, 0.2) is 0 Å². The fourth-order valence-corrected chi connectivity index (χ4v) is 1.29. The summed E-state index contributed by atoms with van der Waals surface area (Å²) in [4.78, 5) is 1.93. The Morgan fingerprint density at radius 2 is 2.00 bits per heavy atom. The minimum absolute atomic E-state index is 0.366. The molecular weight excluding hydrogens is 168 g/mol. The van der Waals surface area contributed by atoms with Crippen LogP contribution in [-0.4, -0.2) is 60.5 Å². The third kappa shape index (κ3) is 8.18. The van der Waals surface area contributed by atoms with Crippen molar-refractivity contribution in [2.75, 3.05) is 33.7 Å². The van der Waals surface area contributed by atoms with Crippen molar-refractivity contribution in [2.45, 2.75) is 25.6 Å². The first-order chi connectivity index (χ1) is 5.83. The van der Waals surface area contributed by atoms with Crippen LogP contribution in [0.3, 0.4) is 0 Å². The van der Waals surface area contributed by atoms with Gasteiger partial charge >= 0.3 is 0 Å². The van der Waals surface area contributed by atoms with E-state index < -0.39 is 5.60 Å². The predicted molar refractivity (Wildman–Crippen MR) is 53.7 cm³/mol. The number of nitrogens with one attached hydrogen (secondary N) is 1. The van der Waals surface area contributed by atoms with Gasteiger partial charge in [0.2, 0.25) is 0 Å². The Kier molecular flexibility index (Phi) is 5.48. The lowest BCUT2D eigenvalue weighted by Gasteiger charge is -2.27. The van der Waals surface area contributed by atoms with E-state index in [1.54, 1.807) is 13.8 Å². The van der Waals surface area contributed by atoms with Crippen LogP contribution in [0.4, 0.5) is 0 Å². The summed E-state index contributed by atoms with van der Waals surface area (Å²) in [5.74, 6) is 0. The van der Waals surface area contributed by atoms with E-state index in [0.29, 0.717) is 19.6 Å². The Labute approximate surface area is 80.6 Å². The molecule has 0 heterocycles. The van der Waals surface area contributed by atoms with Gasteiger partial charge in [-0.3, -0.25) is 0 Å². The molecule has 4 nitrogen and oxygen atoms in total. The fourth-order valence-electron chi connectivity index (χ4n) is 1.29. The second kappa shape index (κ2) is 5.54. The van der Waals surface area contributed by atoms with Crippen LogP contribution >= 0.6 is 0 Å². The van der Waals surface area contributed by atoms with Crippen molar-refractivity contribution in [2.24, 2.45) is 0 Å². The number of aliphatic hydroxyl groups is 2. The molecule has 0 saturated heterocycles. The van der Waals surface area contributed by atoms with Gasteiger partial charge in [0.05, 0.1) is 11.7 Å². The highest BCUT2D eigenvalue weighted by Gasteiger charge is 2.20. The van der Waals surface area contributed by atoms with Gasteiger partial charge in [-0.2, -0.15) is 0 Å². The summed E-state index contributed by atoms with van der Waals surface area (Å²) in [6.45, 7) is 5.12. The van der Waals surface area contributed by atoms with Crippen LogP contribution in [0.5, 0.6) is 0 Å². The molecule has 0 fully saturated rings. The highest BCUT2D eigenvalue weighted by Crippen LogP contribution is 2.02. The lowest BCUT2D eigenvalue weighted by Crippen LogP contribution is -2.46. The van der Waals surface area contributed by atoms with Gasteiger partial charge < -0.3 is 20.4 Å². The Hall–Kier alpha value is -0.160. The summed E-state index contributed by atoms with van der Waals surface area (Å²) in [7, 11) is 3.84. The third-order valence-electron chi connectivity index (χ3n) is 1.60. The second-order valence-corrected chi connectivity index (χ2v) is 4.21. The second-order valence-electron chi connectivity index (χ2n) is 4.21. The molecular formula is C9H22N2O2. The van der Waals surface area contributed by atoms with Crippen LogP contribution in [-0.2, 0) is 0 Å². The summed E-state index contributed by atoms with van der Waals surface area (Å²) >= 11 is 0. The summed E-state index contributed by atoms with van der Waals surface area (Å²) in [5, 5.41) is 21.8. The van der Waals surface area contributed by atoms with Gasteiger partial charge in [-0.1, -0.05) is 0 Å². The van der Waals surface area contributed by atoms with Gasteiger partial charge in [-0.05, 0) is 27.9 Å². The molecule has 0 aromatic carbocycles. The smallest absolute Gasteiger partial charge is 0.0869 e. The topological polar surface area (TPSA) is 55.7 Å². The minimum Gasteiger partial charge on any atom is -0.392 e. The molecule has 0 bridgehead atoms. The molecule has 0 aliphatic carbocycles.